The van der Waals surface area contributed by atoms with Gasteiger partial charge in [0.15, 0.2) is 0 Å². The molecule has 11 nitrogen and oxygen atoms in total. The van der Waals surface area contributed by atoms with Gasteiger partial charge in [-0.1, -0.05) is 18.7 Å². The Labute approximate surface area is 247 Å². The summed E-state index contributed by atoms with van der Waals surface area (Å²) in [7, 11) is 2.11. The molecule has 1 unspecified atom stereocenters. The number of carbonyl (C=O) groups excluding carboxylic acids is 3. The Kier molecular flexibility index (Phi) is 12.9. The predicted octanol–water partition coefficient (Wildman–Crippen LogP) is 1.99. The van der Waals surface area contributed by atoms with Crippen molar-refractivity contribution in [2.45, 2.75) is 38.4 Å². The number of benzene rings is 1. The van der Waals surface area contributed by atoms with Crippen molar-refractivity contribution < 1.29 is 19.5 Å². The van der Waals surface area contributed by atoms with Crippen molar-refractivity contribution in [2.75, 3.05) is 83.2 Å². The fourth-order valence-corrected chi connectivity index (χ4v) is 6.15. The van der Waals surface area contributed by atoms with Gasteiger partial charge in [-0.25, -0.2) is 0 Å². The van der Waals surface area contributed by atoms with Crippen LogP contribution in [0.4, 0.5) is 11.4 Å². The van der Waals surface area contributed by atoms with Crippen molar-refractivity contribution in [2.24, 2.45) is 0 Å². The number of amides is 3. The Bertz CT molecular complexity index is 1110. The highest BCUT2D eigenvalue weighted by Crippen LogP contribution is 2.39. The predicted molar refractivity (Wildman–Crippen MR) is 162 cm³/mol. The molecule has 2 saturated heterocycles. The van der Waals surface area contributed by atoms with Crippen molar-refractivity contribution in [3.63, 3.8) is 0 Å². The van der Waals surface area contributed by atoms with E-state index in [9.17, 15) is 24.8 Å². The summed E-state index contributed by atoms with van der Waals surface area (Å²) in [5.41, 5.74) is 1.55. The summed E-state index contributed by atoms with van der Waals surface area (Å²) >= 11 is 1.26. The lowest BCUT2D eigenvalue weighted by molar-refractivity contribution is -0.128. The molecular weight excluding hydrogens is 542 g/mol. The number of hydrogen-bond acceptors (Lipinski definition) is 9. The zero-order chi connectivity index (χ0) is 29.8. The highest BCUT2D eigenvalue weighted by Gasteiger charge is 2.39. The second-order valence-corrected chi connectivity index (χ2v) is 11.4. The number of nitriles is 1. The molecule has 0 bridgehead atoms. The Hall–Kier alpha value is -3.11. The monoisotopic (exact) mass is 585 g/mol. The average Bonchev–Trinajstić information content (AvgIpc) is 3.28. The van der Waals surface area contributed by atoms with Gasteiger partial charge in [0.25, 0.3) is 5.91 Å². The minimum atomic E-state index is -0.456. The van der Waals surface area contributed by atoms with Crippen LogP contribution in [-0.4, -0.2) is 120 Å². The minimum Gasteiger partial charge on any atom is -0.395 e. The van der Waals surface area contributed by atoms with Crippen molar-refractivity contribution in [1.82, 2.24) is 19.6 Å². The second kappa shape index (κ2) is 16.4. The Morgan fingerprint density at radius 2 is 1.80 bits per heavy atom. The number of aliphatic hydroxyl groups excluding tert-OH is 1. The molecule has 3 N–H and O–H groups in total. The number of aliphatic hydroxyl groups is 1. The van der Waals surface area contributed by atoms with Gasteiger partial charge in [-0.2, -0.15) is 5.26 Å². The van der Waals surface area contributed by atoms with Crippen LogP contribution in [0.1, 0.15) is 33.1 Å². The second-order valence-electron chi connectivity index (χ2n) is 10.2. The molecular formula is C29H43N7O4S. The SMILES string of the molecule is CCCN(CCO)C(=O)/C(C#N)=C1\SC(CCNc2ccc(NC(=O)CCN3CCN(C)CC3)cc2)C(=O)N1CC. The number of hydrogen-bond donors (Lipinski definition) is 3. The van der Waals surface area contributed by atoms with Crippen molar-refractivity contribution in [3.8, 4) is 6.07 Å². The summed E-state index contributed by atoms with van der Waals surface area (Å²) in [5.74, 6) is -0.578. The maximum Gasteiger partial charge on any atom is 0.267 e. The summed E-state index contributed by atoms with van der Waals surface area (Å²) < 4.78 is 0. The van der Waals surface area contributed by atoms with Gasteiger partial charge in [0.2, 0.25) is 11.8 Å². The van der Waals surface area contributed by atoms with E-state index in [0.717, 1.165) is 44.1 Å². The number of carbonyl (C=O) groups is 3. The van der Waals surface area contributed by atoms with Crippen LogP contribution in [0, 0.1) is 11.3 Å². The molecule has 2 aliphatic heterocycles. The van der Waals surface area contributed by atoms with Gasteiger partial charge in [0.1, 0.15) is 16.7 Å². The van der Waals surface area contributed by atoms with Crippen LogP contribution in [0.5, 0.6) is 0 Å². The largest absolute Gasteiger partial charge is 0.395 e. The van der Waals surface area contributed by atoms with Crippen LogP contribution in [0.2, 0.25) is 0 Å². The lowest BCUT2D eigenvalue weighted by Crippen LogP contribution is -2.45. The summed E-state index contributed by atoms with van der Waals surface area (Å²) in [4.78, 5) is 46.1. The van der Waals surface area contributed by atoms with E-state index in [1.807, 2.05) is 44.2 Å². The Balaban J connectivity index is 1.51. The number of piperazine rings is 1. The Morgan fingerprint density at radius 1 is 1.12 bits per heavy atom. The molecule has 0 spiro atoms. The summed E-state index contributed by atoms with van der Waals surface area (Å²) in [6.07, 6.45) is 1.66. The van der Waals surface area contributed by atoms with Gasteiger partial charge < -0.3 is 35.3 Å². The average molecular weight is 586 g/mol. The van der Waals surface area contributed by atoms with E-state index in [-0.39, 0.29) is 30.5 Å². The van der Waals surface area contributed by atoms with Crippen LogP contribution in [0.25, 0.3) is 0 Å². The van der Waals surface area contributed by atoms with Crippen LogP contribution in [0.3, 0.4) is 0 Å². The van der Waals surface area contributed by atoms with Gasteiger partial charge in [0.05, 0.1) is 11.9 Å². The summed E-state index contributed by atoms with van der Waals surface area (Å²) in [5, 5.41) is 25.4. The van der Waals surface area contributed by atoms with E-state index >= 15 is 0 Å². The third-order valence-electron chi connectivity index (χ3n) is 7.20. The molecule has 3 rings (SSSR count). The van der Waals surface area contributed by atoms with E-state index < -0.39 is 11.2 Å². The number of likely N-dealkylation sites (N-methyl/N-ethyl adjacent to an activating group) is 1. The number of rotatable bonds is 14. The quantitative estimate of drug-likeness (QED) is 0.222. The van der Waals surface area contributed by atoms with E-state index in [4.69, 9.17) is 0 Å². The Morgan fingerprint density at radius 3 is 2.41 bits per heavy atom. The number of thioether (sulfide) groups is 1. The standard InChI is InChI=1S/C29H43N7O4S/c1-4-13-35(19-20-37)27(39)24(21-30)29-36(5-2)28(40)25(41-29)10-12-31-22-6-8-23(9-7-22)32-26(38)11-14-34-17-15-33(3)16-18-34/h6-9,25,31,37H,4-5,10-20H2,1-3H3,(H,32,38)/b29-24-. The van der Waals surface area contributed by atoms with Crippen LogP contribution in [0.15, 0.2) is 34.9 Å². The molecule has 0 aromatic heterocycles. The zero-order valence-corrected chi connectivity index (χ0v) is 25.2. The lowest BCUT2D eigenvalue weighted by atomic mass is 10.2. The molecule has 2 heterocycles. The van der Waals surface area contributed by atoms with Gasteiger partial charge >= 0.3 is 0 Å². The molecule has 0 saturated carbocycles. The minimum absolute atomic E-state index is 0.00450. The maximum atomic E-state index is 13.1. The highest BCUT2D eigenvalue weighted by atomic mass is 32.2. The topological polar surface area (TPSA) is 132 Å². The van der Waals surface area contributed by atoms with E-state index in [1.54, 1.807) is 0 Å². The highest BCUT2D eigenvalue weighted by molar-refractivity contribution is 8.04. The molecule has 1 aromatic rings. The molecule has 1 aromatic carbocycles. The molecule has 0 aliphatic carbocycles. The first-order chi connectivity index (χ1) is 19.8. The number of anilines is 2. The van der Waals surface area contributed by atoms with Gasteiger partial charge in [-0.15, -0.1) is 0 Å². The van der Waals surface area contributed by atoms with Crippen molar-refractivity contribution in [1.29, 1.82) is 5.26 Å². The van der Waals surface area contributed by atoms with Gasteiger partial charge in [-0.3, -0.25) is 14.4 Å². The third kappa shape index (κ3) is 9.19. The normalized spacial score (nSPS) is 19.1. The molecule has 1 atom stereocenters. The van der Waals surface area contributed by atoms with E-state index in [2.05, 4.69) is 27.5 Å². The number of nitrogens with one attached hydrogen (secondary N) is 2. The van der Waals surface area contributed by atoms with E-state index in [1.165, 1.54) is 21.6 Å². The molecule has 224 valence electrons. The van der Waals surface area contributed by atoms with E-state index in [0.29, 0.717) is 43.9 Å². The fourth-order valence-electron chi connectivity index (χ4n) is 4.82. The third-order valence-corrected chi connectivity index (χ3v) is 8.57. The number of nitrogens with zero attached hydrogens (tertiary/aromatic N) is 5. The maximum absolute atomic E-state index is 13.1. The van der Waals surface area contributed by atoms with Crippen LogP contribution < -0.4 is 10.6 Å². The van der Waals surface area contributed by atoms with Crippen molar-refractivity contribution >= 4 is 40.9 Å². The first-order valence-corrected chi connectivity index (χ1v) is 15.3. The zero-order valence-electron chi connectivity index (χ0n) is 24.4. The summed E-state index contributed by atoms with van der Waals surface area (Å²) in [6, 6.07) is 9.50. The molecule has 2 fully saturated rings. The summed E-state index contributed by atoms with van der Waals surface area (Å²) in [6.45, 7) is 9.80. The molecule has 41 heavy (non-hydrogen) atoms. The first kappa shape index (κ1) is 32.4. The lowest BCUT2D eigenvalue weighted by Gasteiger charge is -2.32. The first-order valence-electron chi connectivity index (χ1n) is 14.4. The van der Waals surface area contributed by atoms with Gasteiger partial charge in [0, 0.05) is 76.7 Å². The molecule has 12 heteroatoms. The molecule has 3 amide bonds. The smallest absolute Gasteiger partial charge is 0.267 e. The molecule has 0 radical (unpaired) electrons. The van der Waals surface area contributed by atoms with Crippen LogP contribution in [-0.2, 0) is 14.4 Å². The van der Waals surface area contributed by atoms with Crippen molar-refractivity contribution in [3.05, 3.63) is 34.9 Å². The van der Waals surface area contributed by atoms with Gasteiger partial charge in [-0.05, 0) is 51.1 Å². The fraction of sp³-hybridized carbons (Fsp3) is 0.586. The van der Waals surface area contributed by atoms with Crippen LogP contribution >= 0.6 is 11.8 Å². The molecule has 2 aliphatic rings.